The van der Waals surface area contributed by atoms with E-state index < -0.39 is 6.10 Å². The van der Waals surface area contributed by atoms with Crippen molar-refractivity contribution in [2.75, 3.05) is 0 Å². The van der Waals surface area contributed by atoms with Crippen LogP contribution >= 0.6 is 0 Å². The molecule has 1 aromatic carbocycles. The van der Waals surface area contributed by atoms with Crippen LogP contribution in [0.4, 0.5) is 0 Å². The predicted octanol–water partition coefficient (Wildman–Crippen LogP) is 2.05. The number of benzene rings is 1. The SMILES string of the molecule is CC([O])Cc1ccccc1. The van der Waals surface area contributed by atoms with Crippen molar-refractivity contribution < 1.29 is 5.11 Å². The van der Waals surface area contributed by atoms with Gasteiger partial charge in [-0.1, -0.05) is 30.3 Å². The first-order valence-corrected chi connectivity index (χ1v) is 3.49. The van der Waals surface area contributed by atoms with Gasteiger partial charge in [0.1, 0.15) is 0 Å². The Balaban J connectivity index is 2.59. The first-order valence-electron chi connectivity index (χ1n) is 3.49. The molecule has 0 spiro atoms. The molecule has 0 bridgehead atoms. The van der Waals surface area contributed by atoms with Crippen LogP contribution in [0.15, 0.2) is 30.3 Å². The largest absolute Gasteiger partial charge is 0.233 e. The van der Waals surface area contributed by atoms with E-state index >= 15 is 0 Å². The van der Waals surface area contributed by atoms with Crippen molar-refractivity contribution >= 4 is 0 Å². The topological polar surface area (TPSA) is 19.9 Å². The highest BCUT2D eigenvalue weighted by molar-refractivity contribution is 5.15. The summed E-state index contributed by atoms with van der Waals surface area (Å²) in [6.07, 6.45) is 0.156. The lowest BCUT2D eigenvalue weighted by atomic mass is 10.1. The summed E-state index contributed by atoms with van der Waals surface area (Å²) < 4.78 is 0. The highest BCUT2D eigenvalue weighted by atomic mass is 16.3. The molecule has 1 aromatic rings. The van der Waals surface area contributed by atoms with Gasteiger partial charge in [0.15, 0.2) is 0 Å². The molecule has 1 heteroatoms. The third-order valence-electron chi connectivity index (χ3n) is 1.37. The zero-order chi connectivity index (χ0) is 7.40. The van der Waals surface area contributed by atoms with Crippen LogP contribution in [0.25, 0.3) is 0 Å². The third kappa shape index (κ3) is 2.19. The maximum atomic E-state index is 10.7. The lowest BCUT2D eigenvalue weighted by molar-refractivity contribution is 0.106. The summed E-state index contributed by atoms with van der Waals surface area (Å²) in [6.45, 7) is 1.69. The molecule has 1 unspecified atom stereocenters. The van der Waals surface area contributed by atoms with Gasteiger partial charge in [0.25, 0.3) is 0 Å². The van der Waals surface area contributed by atoms with Crippen molar-refractivity contribution in [1.29, 1.82) is 0 Å². The predicted molar refractivity (Wildman–Crippen MR) is 40.3 cm³/mol. The quantitative estimate of drug-likeness (QED) is 0.591. The second-order valence-corrected chi connectivity index (χ2v) is 2.50. The van der Waals surface area contributed by atoms with Gasteiger partial charge in [-0.15, -0.1) is 0 Å². The fraction of sp³-hybridized carbons (Fsp3) is 0.333. The van der Waals surface area contributed by atoms with Crippen molar-refractivity contribution in [2.24, 2.45) is 0 Å². The molecule has 0 aliphatic carbocycles. The van der Waals surface area contributed by atoms with Crippen molar-refractivity contribution in [1.82, 2.24) is 0 Å². The fourth-order valence-electron chi connectivity index (χ4n) is 0.946. The smallest absolute Gasteiger partial charge is 0.0942 e. The monoisotopic (exact) mass is 135 g/mol. The summed E-state index contributed by atoms with van der Waals surface area (Å²) in [5, 5.41) is 10.7. The first kappa shape index (κ1) is 7.29. The average molecular weight is 135 g/mol. The van der Waals surface area contributed by atoms with E-state index in [1.165, 1.54) is 0 Å². The highest BCUT2D eigenvalue weighted by Crippen LogP contribution is 2.01. The zero-order valence-electron chi connectivity index (χ0n) is 6.08. The van der Waals surface area contributed by atoms with Crippen LogP contribution < -0.4 is 0 Å². The lowest BCUT2D eigenvalue weighted by Crippen LogP contribution is -2.01. The summed E-state index contributed by atoms with van der Waals surface area (Å²) >= 11 is 0. The molecule has 1 rings (SSSR count). The Bertz CT molecular complexity index is 179. The first-order chi connectivity index (χ1) is 4.79. The van der Waals surface area contributed by atoms with Crippen molar-refractivity contribution in [3.05, 3.63) is 35.9 Å². The number of hydrogen-bond donors (Lipinski definition) is 0. The Hall–Kier alpha value is -0.820. The Morgan fingerprint density at radius 1 is 1.30 bits per heavy atom. The molecule has 1 atom stereocenters. The van der Waals surface area contributed by atoms with E-state index in [0.717, 1.165) is 5.56 Å². The van der Waals surface area contributed by atoms with E-state index in [1.807, 2.05) is 30.3 Å². The Morgan fingerprint density at radius 2 is 1.90 bits per heavy atom. The average Bonchev–Trinajstić information content (AvgIpc) is 1.88. The molecule has 0 aromatic heterocycles. The van der Waals surface area contributed by atoms with Gasteiger partial charge in [0, 0.05) is 6.42 Å². The van der Waals surface area contributed by atoms with Crippen LogP contribution in [-0.2, 0) is 11.5 Å². The number of hydrogen-bond acceptors (Lipinski definition) is 0. The molecule has 1 nitrogen and oxygen atoms in total. The summed E-state index contributed by atoms with van der Waals surface area (Å²) in [5.74, 6) is 0. The molecule has 53 valence electrons. The molecule has 0 fully saturated rings. The maximum Gasteiger partial charge on any atom is 0.0942 e. The van der Waals surface area contributed by atoms with E-state index in [2.05, 4.69) is 0 Å². The van der Waals surface area contributed by atoms with E-state index in [9.17, 15) is 5.11 Å². The Morgan fingerprint density at radius 3 is 2.40 bits per heavy atom. The fourth-order valence-corrected chi connectivity index (χ4v) is 0.946. The van der Waals surface area contributed by atoms with Gasteiger partial charge in [0.2, 0.25) is 0 Å². The molecule has 1 radical (unpaired) electrons. The van der Waals surface area contributed by atoms with Gasteiger partial charge in [-0.25, -0.2) is 5.11 Å². The van der Waals surface area contributed by atoms with Crippen LogP contribution in [0.1, 0.15) is 12.5 Å². The molecule has 0 aliphatic heterocycles. The van der Waals surface area contributed by atoms with Crippen LogP contribution in [0.5, 0.6) is 0 Å². The summed E-state index contributed by atoms with van der Waals surface area (Å²) in [5.41, 5.74) is 1.13. The molecule has 0 aliphatic rings. The van der Waals surface area contributed by atoms with E-state index in [-0.39, 0.29) is 0 Å². The zero-order valence-corrected chi connectivity index (χ0v) is 6.08. The summed E-state index contributed by atoms with van der Waals surface area (Å²) in [4.78, 5) is 0. The molecule has 10 heavy (non-hydrogen) atoms. The van der Waals surface area contributed by atoms with Gasteiger partial charge < -0.3 is 0 Å². The van der Waals surface area contributed by atoms with Crippen LogP contribution in [0, 0.1) is 0 Å². The van der Waals surface area contributed by atoms with Crippen molar-refractivity contribution in [3.8, 4) is 0 Å². The molecule has 0 saturated heterocycles. The van der Waals surface area contributed by atoms with Gasteiger partial charge in [0.05, 0.1) is 6.10 Å². The highest BCUT2D eigenvalue weighted by Gasteiger charge is 1.97. The minimum atomic E-state index is -0.484. The Labute approximate surface area is 61.3 Å². The minimum Gasteiger partial charge on any atom is -0.233 e. The normalized spacial score (nSPS) is 13.0. The minimum absolute atomic E-state index is 0.484. The molecular weight excluding hydrogens is 124 g/mol. The second kappa shape index (κ2) is 3.37. The third-order valence-corrected chi connectivity index (χ3v) is 1.37. The summed E-state index contributed by atoms with van der Waals surface area (Å²) in [7, 11) is 0. The van der Waals surface area contributed by atoms with Crippen molar-refractivity contribution in [3.63, 3.8) is 0 Å². The van der Waals surface area contributed by atoms with Gasteiger partial charge in [-0.2, -0.15) is 0 Å². The van der Waals surface area contributed by atoms with Crippen LogP contribution in [0.2, 0.25) is 0 Å². The van der Waals surface area contributed by atoms with Gasteiger partial charge >= 0.3 is 0 Å². The van der Waals surface area contributed by atoms with Gasteiger partial charge in [-0.05, 0) is 12.5 Å². The Kier molecular flexibility index (Phi) is 2.46. The lowest BCUT2D eigenvalue weighted by Gasteiger charge is -1.99. The standard InChI is InChI=1S/C9H11O/c1-8(10)7-9-5-3-2-4-6-9/h2-6,8H,7H2,1H3. The van der Waals surface area contributed by atoms with E-state index in [1.54, 1.807) is 6.92 Å². The van der Waals surface area contributed by atoms with Crippen molar-refractivity contribution in [2.45, 2.75) is 19.4 Å². The van der Waals surface area contributed by atoms with E-state index in [4.69, 9.17) is 0 Å². The van der Waals surface area contributed by atoms with Crippen LogP contribution in [-0.4, -0.2) is 6.10 Å². The molecular formula is C9H11O. The number of rotatable bonds is 2. The van der Waals surface area contributed by atoms with Crippen LogP contribution in [0.3, 0.4) is 0 Å². The molecule has 0 saturated carbocycles. The molecule has 0 N–H and O–H groups in total. The van der Waals surface area contributed by atoms with E-state index in [0.29, 0.717) is 6.42 Å². The second-order valence-electron chi connectivity index (χ2n) is 2.50. The summed E-state index contributed by atoms with van der Waals surface area (Å²) in [6, 6.07) is 9.83. The maximum absolute atomic E-state index is 10.7. The van der Waals surface area contributed by atoms with Gasteiger partial charge in [-0.3, -0.25) is 0 Å². The molecule has 0 heterocycles. The molecule has 0 amide bonds.